The van der Waals surface area contributed by atoms with Crippen molar-refractivity contribution in [3.8, 4) is 0 Å². The van der Waals surface area contributed by atoms with Crippen molar-refractivity contribution in [3.05, 3.63) is 12.4 Å². The van der Waals surface area contributed by atoms with Crippen LogP contribution in [0.3, 0.4) is 0 Å². The molecule has 1 atom stereocenters. The molecule has 0 aliphatic rings. The third kappa shape index (κ3) is 3.56. The molecule has 1 aromatic heterocycles. The summed E-state index contributed by atoms with van der Waals surface area (Å²) < 4.78 is 6.96. The van der Waals surface area contributed by atoms with E-state index in [-0.39, 0.29) is 11.2 Å². The van der Waals surface area contributed by atoms with Crippen LogP contribution in [0.1, 0.15) is 26.7 Å². The number of aromatic nitrogens is 2. The summed E-state index contributed by atoms with van der Waals surface area (Å²) in [7, 11) is 1.92. The first-order valence-electron chi connectivity index (χ1n) is 5.49. The molecule has 0 aliphatic carbocycles. The predicted octanol–water partition coefficient (Wildman–Crippen LogP) is 2.24. The number of imidazole rings is 1. The Bertz CT molecular complexity index is 338. The van der Waals surface area contributed by atoms with Gasteiger partial charge in [-0.2, -0.15) is 0 Å². The number of aryl methyl sites for hydroxylation is 1. The van der Waals surface area contributed by atoms with E-state index in [1.807, 2.05) is 24.7 Å². The fourth-order valence-corrected chi connectivity index (χ4v) is 2.44. The molecule has 4 nitrogen and oxygen atoms in total. The highest BCUT2D eigenvalue weighted by atomic mass is 32.2. The Balaban J connectivity index is 2.64. The van der Waals surface area contributed by atoms with Crippen molar-refractivity contribution in [2.24, 2.45) is 7.05 Å². The Hall–Kier alpha value is -0.970. The van der Waals surface area contributed by atoms with E-state index in [0.29, 0.717) is 6.61 Å². The van der Waals surface area contributed by atoms with Crippen LogP contribution < -0.4 is 0 Å². The van der Waals surface area contributed by atoms with Gasteiger partial charge in [0.05, 0.1) is 6.61 Å². The molecule has 0 spiro atoms. The number of thioether (sulfide) groups is 1. The fourth-order valence-electron chi connectivity index (χ4n) is 1.32. The molecule has 1 aromatic rings. The van der Waals surface area contributed by atoms with Crippen LogP contribution in [0.2, 0.25) is 0 Å². The van der Waals surface area contributed by atoms with Crippen LogP contribution in [0.4, 0.5) is 0 Å². The minimum atomic E-state index is -0.147. The van der Waals surface area contributed by atoms with Crippen LogP contribution in [0.5, 0.6) is 0 Å². The third-order valence-corrected chi connectivity index (χ3v) is 3.44. The number of nitrogens with zero attached hydrogens (tertiary/aromatic N) is 2. The molecule has 90 valence electrons. The van der Waals surface area contributed by atoms with E-state index in [9.17, 15) is 4.79 Å². The maximum atomic E-state index is 11.7. The van der Waals surface area contributed by atoms with Gasteiger partial charge in [0.1, 0.15) is 5.25 Å². The largest absolute Gasteiger partial charge is 0.465 e. The first-order valence-corrected chi connectivity index (χ1v) is 6.37. The third-order valence-electron chi connectivity index (χ3n) is 2.12. The SMILES string of the molecule is CCCC(Sc1nccn1C)C(=O)OCC. The minimum absolute atomic E-state index is 0.141. The molecule has 0 saturated carbocycles. The van der Waals surface area contributed by atoms with E-state index in [1.165, 1.54) is 11.8 Å². The molecule has 1 rings (SSSR count). The highest BCUT2D eigenvalue weighted by Crippen LogP contribution is 2.25. The molecule has 0 aromatic carbocycles. The highest BCUT2D eigenvalue weighted by molar-refractivity contribution is 8.00. The molecule has 5 heteroatoms. The van der Waals surface area contributed by atoms with Crippen LogP contribution in [-0.2, 0) is 16.6 Å². The summed E-state index contributed by atoms with van der Waals surface area (Å²) in [4.78, 5) is 15.9. The van der Waals surface area contributed by atoms with Crippen LogP contribution >= 0.6 is 11.8 Å². The number of hydrogen-bond donors (Lipinski definition) is 0. The lowest BCUT2D eigenvalue weighted by molar-refractivity contribution is -0.142. The molecule has 0 N–H and O–H groups in total. The van der Waals surface area contributed by atoms with Gasteiger partial charge in [0.15, 0.2) is 5.16 Å². The maximum Gasteiger partial charge on any atom is 0.319 e. The van der Waals surface area contributed by atoms with Crippen molar-refractivity contribution in [3.63, 3.8) is 0 Å². The zero-order valence-corrected chi connectivity index (χ0v) is 10.8. The molecule has 1 heterocycles. The maximum absolute atomic E-state index is 11.7. The summed E-state index contributed by atoms with van der Waals surface area (Å²) >= 11 is 1.47. The number of carbonyl (C=O) groups is 1. The minimum Gasteiger partial charge on any atom is -0.465 e. The van der Waals surface area contributed by atoms with Gasteiger partial charge in [-0.1, -0.05) is 25.1 Å². The van der Waals surface area contributed by atoms with Gasteiger partial charge in [0, 0.05) is 19.4 Å². The Morgan fingerprint density at radius 2 is 2.38 bits per heavy atom. The van der Waals surface area contributed by atoms with E-state index < -0.39 is 0 Å². The normalized spacial score (nSPS) is 12.4. The van der Waals surface area contributed by atoms with Crippen molar-refractivity contribution >= 4 is 17.7 Å². The second-order valence-corrected chi connectivity index (χ2v) is 4.64. The van der Waals surface area contributed by atoms with Crippen LogP contribution in [0, 0.1) is 0 Å². The lowest BCUT2D eigenvalue weighted by Crippen LogP contribution is -2.20. The van der Waals surface area contributed by atoms with Gasteiger partial charge in [-0.3, -0.25) is 4.79 Å². The van der Waals surface area contributed by atoms with Gasteiger partial charge in [0.25, 0.3) is 0 Å². The standard InChI is InChI=1S/C11H18N2O2S/c1-4-6-9(10(14)15-5-2)16-11-12-7-8-13(11)3/h7-9H,4-6H2,1-3H3. The summed E-state index contributed by atoms with van der Waals surface area (Å²) in [6, 6.07) is 0. The molecule has 0 aliphatic heterocycles. The molecule has 16 heavy (non-hydrogen) atoms. The molecular formula is C11H18N2O2S. The van der Waals surface area contributed by atoms with Crippen LogP contribution in [0.25, 0.3) is 0 Å². The van der Waals surface area contributed by atoms with Crippen molar-refractivity contribution in [1.82, 2.24) is 9.55 Å². The lowest BCUT2D eigenvalue weighted by Gasteiger charge is -2.13. The highest BCUT2D eigenvalue weighted by Gasteiger charge is 2.21. The number of ether oxygens (including phenoxy) is 1. The van der Waals surface area contributed by atoms with Gasteiger partial charge in [-0.25, -0.2) is 4.98 Å². The first kappa shape index (κ1) is 13.1. The molecule has 0 fully saturated rings. The average molecular weight is 242 g/mol. The zero-order chi connectivity index (χ0) is 12.0. The van der Waals surface area contributed by atoms with Crippen LogP contribution in [-0.4, -0.2) is 27.4 Å². The molecule has 0 saturated heterocycles. The molecule has 0 bridgehead atoms. The monoisotopic (exact) mass is 242 g/mol. The summed E-state index contributed by atoms with van der Waals surface area (Å²) in [5.74, 6) is -0.141. The topological polar surface area (TPSA) is 44.1 Å². The molecule has 0 radical (unpaired) electrons. The quantitative estimate of drug-likeness (QED) is 0.567. The number of carbonyl (C=O) groups excluding carboxylic acids is 1. The van der Waals surface area contributed by atoms with Crippen molar-refractivity contribution in [2.45, 2.75) is 37.1 Å². The van der Waals surface area contributed by atoms with Gasteiger partial charge in [0.2, 0.25) is 0 Å². The van der Waals surface area contributed by atoms with Crippen LogP contribution in [0.15, 0.2) is 17.6 Å². The summed E-state index contributed by atoms with van der Waals surface area (Å²) in [6.07, 6.45) is 5.38. The second kappa shape index (κ2) is 6.58. The Morgan fingerprint density at radius 1 is 1.62 bits per heavy atom. The average Bonchev–Trinajstić information content (AvgIpc) is 2.64. The van der Waals surface area contributed by atoms with Crippen molar-refractivity contribution in [1.29, 1.82) is 0 Å². The van der Waals surface area contributed by atoms with Gasteiger partial charge < -0.3 is 9.30 Å². The summed E-state index contributed by atoms with van der Waals surface area (Å²) in [5, 5.41) is 0.706. The Kier molecular flexibility index (Phi) is 5.38. The molecule has 1 unspecified atom stereocenters. The first-order chi connectivity index (χ1) is 7.69. The predicted molar refractivity (Wildman–Crippen MR) is 64.4 cm³/mol. The van der Waals surface area contributed by atoms with E-state index in [4.69, 9.17) is 4.74 Å². The zero-order valence-electron chi connectivity index (χ0n) is 9.97. The van der Waals surface area contributed by atoms with Gasteiger partial charge in [-0.05, 0) is 13.3 Å². The van der Waals surface area contributed by atoms with Crippen molar-refractivity contribution < 1.29 is 9.53 Å². The van der Waals surface area contributed by atoms with E-state index in [1.54, 1.807) is 6.20 Å². The summed E-state index contributed by atoms with van der Waals surface area (Å²) in [5.41, 5.74) is 0. The number of hydrogen-bond acceptors (Lipinski definition) is 4. The lowest BCUT2D eigenvalue weighted by atomic mass is 10.2. The Labute approximate surface area is 100 Å². The van der Waals surface area contributed by atoms with E-state index in [0.717, 1.165) is 18.0 Å². The van der Waals surface area contributed by atoms with E-state index in [2.05, 4.69) is 11.9 Å². The van der Waals surface area contributed by atoms with Gasteiger partial charge in [-0.15, -0.1) is 0 Å². The number of rotatable bonds is 6. The molecular weight excluding hydrogens is 224 g/mol. The Morgan fingerprint density at radius 3 is 2.88 bits per heavy atom. The number of esters is 1. The van der Waals surface area contributed by atoms with Gasteiger partial charge >= 0.3 is 5.97 Å². The van der Waals surface area contributed by atoms with E-state index >= 15 is 0 Å². The van der Waals surface area contributed by atoms with Crippen molar-refractivity contribution in [2.75, 3.05) is 6.61 Å². The smallest absolute Gasteiger partial charge is 0.319 e. The second-order valence-electron chi connectivity index (χ2n) is 3.47. The molecule has 0 amide bonds. The summed E-state index contributed by atoms with van der Waals surface area (Å²) in [6.45, 7) is 4.32. The fraction of sp³-hybridized carbons (Fsp3) is 0.636.